The summed E-state index contributed by atoms with van der Waals surface area (Å²) >= 11 is 0. The SMILES string of the molecule is C[C@H](Oc1ccc(C#N)cc1)C(=O)NN1C(=O)NC2(CCCCC2)C1=O. The molecule has 1 saturated heterocycles. The van der Waals surface area contributed by atoms with Crippen molar-refractivity contribution in [1.82, 2.24) is 15.8 Å². The van der Waals surface area contributed by atoms with Crippen LogP contribution in [-0.2, 0) is 9.59 Å². The van der Waals surface area contributed by atoms with E-state index in [1.807, 2.05) is 6.07 Å². The molecule has 1 atom stereocenters. The van der Waals surface area contributed by atoms with Crippen molar-refractivity contribution in [2.75, 3.05) is 0 Å². The van der Waals surface area contributed by atoms with Gasteiger partial charge in [0.05, 0.1) is 11.6 Å². The summed E-state index contributed by atoms with van der Waals surface area (Å²) in [6.45, 7) is 1.52. The summed E-state index contributed by atoms with van der Waals surface area (Å²) in [4.78, 5) is 37.1. The van der Waals surface area contributed by atoms with Crippen molar-refractivity contribution in [3.63, 3.8) is 0 Å². The number of amides is 4. The average Bonchev–Trinajstić information content (AvgIpc) is 2.87. The van der Waals surface area contributed by atoms with Crippen LogP contribution in [0, 0.1) is 11.3 Å². The highest BCUT2D eigenvalue weighted by Crippen LogP contribution is 2.33. The number of urea groups is 1. The van der Waals surface area contributed by atoms with Gasteiger partial charge in [-0.05, 0) is 44.0 Å². The molecule has 3 rings (SSSR count). The lowest BCUT2D eigenvalue weighted by Crippen LogP contribution is -2.53. The van der Waals surface area contributed by atoms with Crippen LogP contribution in [0.2, 0.25) is 0 Å². The maximum absolute atomic E-state index is 12.6. The fourth-order valence-corrected chi connectivity index (χ4v) is 3.28. The summed E-state index contributed by atoms with van der Waals surface area (Å²) in [5, 5.41) is 12.3. The fraction of sp³-hybridized carbons (Fsp3) is 0.444. The van der Waals surface area contributed by atoms with Crippen molar-refractivity contribution in [3.8, 4) is 11.8 Å². The smallest absolute Gasteiger partial charge is 0.344 e. The number of carbonyl (C=O) groups excluding carboxylic acids is 3. The third-order valence-corrected chi connectivity index (χ3v) is 4.76. The lowest BCUT2D eigenvalue weighted by molar-refractivity contribution is -0.142. The van der Waals surface area contributed by atoms with Gasteiger partial charge in [-0.15, -0.1) is 0 Å². The van der Waals surface area contributed by atoms with Gasteiger partial charge in [0.2, 0.25) is 0 Å². The van der Waals surface area contributed by atoms with Gasteiger partial charge < -0.3 is 10.1 Å². The monoisotopic (exact) mass is 356 g/mol. The first-order valence-electron chi connectivity index (χ1n) is 8.59. The van der Waals surface area contributed by atoms with Crippen LogP contribution < -0.4 is 15.5 Å². The second-order valence-electron chi connectivity index (χ2n) is 6.59. The molecule has 0 bridgehead atoms. The number of imide groups is 1. The summed E-state index contributed by atoms with van der Waals surface area (Å²) in [6.07, 6.45) is 3.01. The molecule has 0 unspecified atom stereocenters. The number of nitrogens with one attached hydrogen (secondary N) is 2. The highest BCUT2D eigenvalue weighted by molar-refractivity contribution is 6.08. The van der Waals surface area contributed by atoms with Crippen LogP contribution >= 0.6 is 0 Å². The molecule has 8 heteroatoms. The number of hydrazine groups is 1. The molecule has 136 valence electrons. The van der Waals surface area contributed by atoms with Crippen LogP contribution in [0.15, 0.2) is 24.3 Å². The average molecular weight is 356 g/mol. The van der Waals surface area contributed by atoms with Gasteiger partial charge in [-0.1, -0.05) is 19.3 Å². The largest absolute Gasteiger partial charge is 0.481 e. The van der Waals surface area contributed by atoms with Crippen LogP contribution in [-0.4, -0.2) is 34.5 Å². The van der Waals surface area contributed by atoms with Gasteiger partial charge >= 0.3 is 6.03 Å². The molecule has 0 aromatic heterocycles. The summed E-state index contributed by atoms with van der Waals surface area (Å²) < 4.78 is 5.50. The minimum absolute atomic E-state index is 0.410. The first-order valence-corrected chi connectivity index (χ1v) is 8.59. The molecule has 2 aliphatic rings. The number of hydrogen-bond acceptors (Lipinski definition) is 5. The van der Waals surface area contributed by atoms with E-state index in [9.17, 15) is 14.4 Å². The predicted octanol–water partition coefficient (Wildman–Crippen LogP) is 1.61. The molecule has 1 aliphatic heterocycles. The molecule has 4 amide bonds. The molecule has 0 radical (unpaired) electrons. The van der Waals surface area contributed by atoms with Gasteiger partial charge in [0.1, 0.15) is 11.3 Å². The van der Waals surface area contributed by atoms with Gasteiger partial charge in [0.15, 0.2) is 6.10 Å². The van der Waals surface area contributed by atoms with Crippen molar-refractivity contribution in [2.45, 2.75) is 50.7 Å². The van der Waals surface area contributed by atoms with Gasteiger partial charge in [-0.3, -0.25) is 15.0 Å². The van der Waals surface area contributed by atoms with E-state index in [4.69, 9.17) is 10.00 Å². The van der Waals surface area contributed by atoms with Crippen molar-refractivity contribution < 1.29 is 19.1 Å². The first kappa shape index (κ1) is 17.7. The van der Waals surface area contributed by atoms with E-state index in [2.05, 4.69) is 10.7 Å². The van der Waals surface area contributed by atoms with E-state index < -0.39 is 29.5 Å². The van der Waals surface area contributed by atoms with Gasteiger partial charge in [0, 0.05) is 0 Å². The molecule has 1 heterocycles. The van der Waals surface area contributed by atoms with E-state index in [-0.39, 0.29) is 0 Å². The number of nitrogens with zero attached hydrogens (tertiary/aromatic N) is 2. The normalized spacial score (nSPS) is 19.6. The van der Waals surface area contributed by atoms with Crippen molar-refractivity contribution in [1.29, 1.82) is 5.26 Å². The van der Waals surface area contributed by atoms with Gasteiger partial charge in [-0.25, -0.2) is 4.79 Å². The number of carbonyl (C=O) groups is 3. The van der Waals surface area contributed by atoms with Gasteiger partial charge in [0.25, 0.3) is 11.8 Å². The third-order valence-electron chi connectivity index (χ3n) is 4.76. The minimum atomic E-state index is -0.925. The second-order valence-corrected chi connectivity index (χ2v) is 6.59. The van der Waals surface area contributed by atoms with E-state index >= 15 is 0 Å². The van der Waals surface area contributed by atoms with E-state index in [1.54, 1.807) is 24.3 Å². The Kier molecular flexibility index (Phi) is 4.80. The number of benzene rings is 1. The standard InChI is InChI=1S/C18H20N4O4/c1-12(26-14-7-5-13(11-19)6-8-14)15(23)21-22-16(24)18(20-17(22)25)9-3-2-4-10-18/h5-8,12H,2-4,9-10H2,1H3,(H,20,25)(H,21,23)/t12-/m0/s1. The van der Waals surface area contributed by atoms with Crippen molar-refractivity contribution in [2.24, 2.45) is 0 Å². The maximum atomic E-state index is 12.6. The first-order chi connectivity index (χ1) is 12.4. The third kappa shape index (κ3) is 3.33. The molecular formula is C18H20N4O4. The summed E-state index contributed by atoms with van der Waals surface area (Å²) in [5.74, 6) is -0.612. The number of rotatable bonds is 4. The highest BCUT2D eigenvalue weighted by Gasteiger charge is 2.52. The summed E-state index contributed by atoms with van der Waals surface area (Å²) in [6, 6.07) is 7.68. The van der Waals surface area contributed by atoms with Crippen LogP contribution in [0.3, 0.4) is 0 Å². The molecule has 1 spiro atoms. The lowest BCUT2D eigenvalue weighted by atomic mass is 9.82. The van der Waals surface area contributed by atoms with E-state index in [0.717, 1.165) is 24.3 Å². The number of nitriles is 1. The summed E-state index contributed by atoms with van der Waals surface area (Å²) in [5.41, 5.74) is 1.94. The Labute approximate surface area is 151 Å². The zero-order valence-corrected chi connectivity index (χ0v) is 14.4. The van der Waals surface area contributed by atoms with Crippen LogP contribution in [0.4, 0.5) is 4.79 Å². The van der Waals surface area contributed by atoms with E-state index in [1.165, 1.54) is 6.92 Å². The molecule has 1 saturated carbocycles. The maximum Gasteiger partial charge on any atom is 0.344 e. The van der Waals surface area contributed by atoms with Crippen LogP contribution in [0.5, 0.6) is 5.75 Å². The topological polar surface area (TPSA) is 112 Å². The van der Waals surface area contributed by atoms with Crippen LogP contribution in [0.25, 0.3) is 0 Å². The molecule has 1 aliphatic carbocycles. The fourth-order valence-electron chi connectivity index (χ4n) is 3.28. The van der Waals surface area contributed by atoms with E-state index in [0.29, 0.717) is 24.2 Å². The minimum Gasteiger partial charge on any atom is -0.481 e. The number of hydrogen-bond donors (Lipinski definition) is 2. The molecule has 2 fully saturated rings. The number of ether oxygens (including phenoxy) is 1. The Morgan fingerprint density at radius 1 is 1.27 bits per heavy atom. The molecule has 2 N–H and O–H groups in total. The zero-order chi connectivity index (χ0) is 18.7. The highest BCUT2D eigenvalue weighted by atomic mass is 16.5. The van der Waals surface area contributed by atoms with Gasteiger partial charge in [-0.2, -0.15) is 10.3 Å². The Morgan fingerprint density at radius 2 is 1.92 bits per heavy atom. The Hall–Kier alpha value is -3.08. The zero-order valence-electron chi connectivity index (χ0n) is 14.4. The molecule has 26 heavy (non-hydrogen) atoms. The molecule has 8 nitrogen and oxygen atoms in total. The summed E-state index contributed by atoms with van der Waals surface area (Å²) in [7, 11) is 0. The molecule has 1 aromatic carbocycles. The van der Waals surface area contributed by atoms with Crippen molar-refractivity contribution >= 4 is 17.8 Å². The lowest BCUT2D eigenvalue weighted by Gasteiger charge is -2.30. The molecular weight excluding hydrogens is 336 g/mol. The Bertz CT molecular complexity index is 762. The Balaban J connectivity index is 1.62. The Morgan fingerprint density at radius 3 is 2.54 bits per heavy atom. The quantitative estimate of drug-likeness (QED) is 0.796. The second kappa shape index (κ2) is 7.04. The van der Waals surface area contributed by atoms with Crippen LogP contribution in [0.1, 0.15) is 44.6 Å². The molecule has 1 aromatic rings. The van der Waals surface area contributed by atoms with Crippen molar-refractivity contribution in [3.05, 3.63) is 29.8 Å². The predicted molar refractivity (Wildman–Crippen MR) is 90.6 cm³/mol.